The minimum atomic E-state index is -4.28. The number of hydrogen-bond acceptors (Lipinski definition) is 3. The van der Waals surface area contributed by atoms with Crippen LogP contribution >= 0.6 is 27.7 Å². The van der Waals surface area contributed by atoms with Gasteiger partial charge in [-0.25, -0.2) is 0 Å². The van der Waals surface area contributed by atoms with Gasteiger partial charge in [0.1, 0.15) is 0 Å². The number of H-pyrrole nitrogens is 1. The van der Waals surface area contributed by atoms with E-state index in [9.17, 15) is 18.0 Å². The van der Waals surface area contributed by atoms with Crippen molar-refractivity contribution >= 4 is 39.3 Å². The Hall–Kier alpha value is -1.48. The molecule has 9 heteroatoms. The SMILES string of the molecule is CC(C)c1[nH]nc(C(=O)Nc2ccccc2SCC(F)(F)F)c1Br. The molecule has 0 saturated carbocycles. The van der Waals surface area contributed by atoms with Crippen LogP contribution in [-0.2, 0) is 0 Å². The third-order valence-electron chi connectivity index (χ3n) is 3.05. The van der Waals surface area contributed by atoms with Gasteiger partial charge in [-0.2, -0.15) is 18.3 Å². The van der Waals surface area contributed by atoms with Crippen molar-refractivity contribution in [2.75, 3.05) is 11.1 Å². The third kappa shape index (κ3) is 4.76. The maximum absolute atomic E-state index is 12.4. The zero-order chi connectivity index (χ0) is 17.9. The van der Waals surface area contributed by atoms with Gasteiger partial charge in [0.25, 0.3) is 5.91 Å². The molecule has 0 fully saturated rings. The highest BCUT2D eigenvalue weighted by Gasteiger charge is 2.28. The fraction of sp³-hybridized carbons (Fsp3) is 0.333. The molecule has 1 aromatic heterocycles. The smallest absolute Gasteiger partial charge is 0.320 e. The molecular formula is C15H15BrF3N3OS. The number of amides is 1. The minimum absolute atomic E-state index is 0.142. The van der Waals surface area contributed by atoms with Crippen molar-refractivity contribution in [1.29, 1.82) is 0 Å². The van der Waals surface area contributed by atoms with Crippen LogP contribution in [0.5, 0.6) is 0 Å². The molecule has 0 aliphatic rings. The van der Waals surface area contributed by atoms with E-state index in [4.69, 9.17) is 0 Å². The monoisotopic (exact) mass is 421 g/mol. The molecule has 0 spiro atoms. The fourth-order valence-electron chi connectivity index (χ4n) is 1.91. The second-order valence-corrected chi connectivity index (χ2v) is 7.12. The van der Waals surface area contributed by atoms with Crippen LogP contribution < -0.4 is 5.32 Å². The van der Waals surface area contributed by atoms with Crippen molar-refractivity contribution in [2.45, 2.75) is 30.8 Å². The van der Waals surface area contributed by atoms with Crippen molar-refractivity contribution in [3.63, 3.8) is 0 Å². The number of carbonyl (C=O) groups excluding carboxylic acids is 1. The molecule has 2 rings (SSSR count). The zero-order valence-corrected chi connectivity index (χ0v) is 15.3. The van der Waals surface area contributed by atoms with Crippen LogP contribution in [0.3, 0.4) is 0 Å². The summed E-state index contributed by atoms with van der Waals surface area (Å²) in [6.07, 6.45) is -4.28. The van der Waals surface area contributed by atoms with Crippen molar-refractivity contribution < 1.29 is 18.0 Å². The van der Waals surface area contributed by atoms with Gasteiger partial charge >= 0.3 is 6.18 Å². The number of thioether (sulfide) groups is 1. The first kappa shape index (κ1) is 18.9. The Bertz CT molecular complexity index is 731. The average molecular weight is 422 g/mol. The van der Waals surface area contributed by atoms with Crippen LogP contribution in [-0.4, -0.2) is 28.0 Å². The number of alkyl halides is 3. The molecule has 2 aromatic rings. The Kier molecular flexibility index (Phi) is 5.97. The van der Waals surface area contributed by atoms with E-state index in [1.807, 2.05) is 13.8 Å². The van der Waals surface area contributed by atoms with Crippen molar-refractivity contribution in [1.82, 2.24) is 10.2 Å². The van der Waals surface area contributed by atoms with Crippen LogP contribution in [0.15, 0.2) is 33.6 Å². The third-order valence-corrected chi connectivity index (χ3v) is 4.99. The first-order chi connectivity index (χ1) is 11.2. The molecule has 0 aliphatic heterocycles. The number of rotatable bonds is 5. The van der Waals surface area contributed by atoms with Gasteiger partial charge in [-0.1, -0.05) is 26.0 Å². The van der Waals surface area contributed by atoms with E-state index in [0.29, 0.717) is 26.8 Å². The number of carbonyl (C=O) groups is 1. The normalized spacial score (nSPS) is 11.8. The van der Waals surface area contributed by atoms with E-state index in [1.54, 1.807) is 18.2 Å². The van der Waals surface area contributed by atoms with Crippen molar-refractivity contribution in [2.24, 2.45) is 0 Å². The molecule has 0 atom stereocenters. The topological polar surface area (TPSA) is 57.8 Å². The molecule has 0 bridgehead atoms. The molecule has 2 N–H and O–H groups in total. The second kappa shape index (κ2) is 7.60. The minimum Gasteiger partial charge on any atom is -0.320 e. The van der Waals surface area contributed by atoms with Crippen molar-refractivity contribution in [3.8, 4) is 0 Å². The highest BCUT2D eigenvalue weighted by molar-refractivity contribution is 9.10. The summed E-state index contributed by atoms with van der Waals surface area (Å²) in [5.41, 5.74) is 1.26. The summed E-state index contributed by atoms with van der Waals surface area (Å²) < 4.78 is 37.8. The van der Waals surface area contributed by atoms with Crippen LogP contribution in [0.4, 0.5) is 18.9 Å². The first-order valence-electron chi connectivity index (χ1n) is 7.02. The number of benzene rings is 1. The largest absolute Gasteiger partial charge is 0.398 e. The number of aromatic nitrogens is 2. The lowest BCUT2D eigenvalue weighted by Crippen LogP contribution is -2.14. The van der Waals surface area contributed by atoms with Crippen LogP contribution in [0.2, 0.25) is 0 Å². The van der Waals surface area contributed by atoms with E-state index in [2.05, 4.69) is 31.4 Å². The lowest BCUT2D eigenvalue weighted by molar-refractivity contribution is -0.105. The highest BCUT2D eigenvalue weighted by Crippen LogP contribution is 2.33. The number of hydrogen-bond donors (Lipinski definition) is 2. The van der Waals surface area contributed by atoms with Crippen LogP contribution in [0.1, 0.15) is 35.9 Å². The van der Waals surface area contributed by atoms with Gasteiger partial charge in [-0.3, -0.25) is 9.89 Å². The molecule has 1 aromatic carbocycles. The zero-order valence-electron chi connectivity index (χ0n) is 12.9. The number of para-hydroxylation sites is 1. The first-order valence-corrected chi connectivity index (χ1v) is 8.80. The summed E-state index contributed by atoms with van der Waals surface area (Å²) in [5.74, 6) is -1.38. The number of aromatic amines is 1. The Labute approximate surface area is 149 Å². The van der Waals surface area contributed by atoms with Crippen molar-refractivity contribution in [3.05, 3.63) is 40.1 Å². The molecule has 0 aliphatic carbocycles. The highest BCUT2D eigenvalue weighted by atomic mass is 79.9. The van der Waals surface area contributed by atoms with E-state index >= 15 is 0 Å². The van der Waals surface area contributed by atoms with E-state index in [0.717, 1.165) is 5.69 Å². The fourth-order valence-corrected chi connectivity index (χ4v) is 3.50. The summed E-state index contributed by atoms with van der Waals surface area (Å²) in [5, 5.41) is 9.38. The number of nitrogens with one attached hydrogen (secondary N) is 2. The summed E-state index contributed by atoms with van der Waals surface area (Å²) in [4.78, 5) is 12.7. The number of nitrogens with zero attached hydrogens (tertiary/aromatic N) is 1. The predicted octanol–water partition coefficient (Wildman–Crippen LogP) is 5.20. The van der Waals surface area contributed by atoms with Crippen LogP contribution in [0, 0.1) is 0 Å². The van der Waals surface area contributed by atoms with Gasteiger partial charge in [0.05, 0.1) is 21.6 Å². The molecule has 130 valence electrons. The molecule has 0 radical (unpaired) electrons. The standard InChI is InChI=1S/C15H15BrF3N3OS/c1-8(2)12-11(16)13(22-21-12)14(23)20-9-5-3-4-6-10(9)24-7-15(17,18)19/h3-6,8H,7H2,1-2H3,(H,20,23)(H,21,22). The molecule has 0 saturated heterocycles. The van der Waals surface area contributed by atoms with Crippen LogP contribution in [0.25, 0.3) is 0 Å². The van der Waals surface area contributed by atoms with Gasteiger partial charge in [0.15, 0.2) is 5.69 Å². The Morgan fingerprint density at radius 1 is 1.38 bits per heavy atom. The molecule has 1 heterocycles. The Morgan fingerprint density at radius 2 is 2.04 bits per heavy atom. The molecular weight excluding hydrogens is 407 g/mol. The summed E-state index contributed by atoms with van der Waals surface area (Å²) in [6.45, 7) is 3.89. The molecule has 0 unspecified atom stereocenters. The van der Waals surface area contributed by atoms with E-state index in [1.165, 1.54) is 6.07 Å². The van der Waals surface area contributed by atoms with Gasteiger partial charge < -0.3 is 5.32 Å². The maximum atomic E-state index is 12.4. The summed E-state index contributed by atoms with van der Waals surface area (Å²) >= 11 is 3.96. The van der Waals surface area contributed by atoms with Gasteiger partial charge in [-0.15, -0.1) is 11.8 Å². The van der Waals surface area contributed by atoms with E-state index < -0.39 is 17.8 Å². The lowest BCUT2D eigenvalue weighted by Gasteiger charge is -2.11. The summed E-state index contributed by atoms with van der Waals surface area (Å²) in [6, 6.07) is 6.35. The van der Waals surface area contributed by atoms with Gasteiger partial charge in [0, 0.05) is 4.90 Å². The molecule has 1 amide bonds. The van der Waals surface area contributed by atoms with E-state index in [-0.39, 0.29) is 11.6 Å². The summed E-state index contributed by atoms with van der Waals surface area (Å²) in [7, 11) is 0. The quantitative estimate of drug-likeness (QED) is 0.652. The Balaban J connectivity index is 2.18. The average Bonchev–Trinajstić information content (AvgIpc) is 2.87. The predicted molar refractivity (Wildman–Crippen MR) is 91.6 cm³/mol. The Morgan fingerprint density at radius 3 is 2.62 bits per heavy atom. The number of halogens is 4. The second-order valence-electron chi connectivity index (χ2n) is 5.31. The van der Waals surface area contributed by atoms with Gasteiger partial charge in [0.2, 0.25) is 0 Å². The number of anilines is 1. The maximum Gasteiger partial charge on any atom is 0.398 e. The lowest BCUT2D eigenvalue weighted by atomic mass is 10.1. The molecule has 4 nitrogen and oxygen atoms in total. The van der Waals surface area contributed by atoms with Gasteiger partial charge in [-0.05, 0) is 34.0 Å². The molecule has 24 heavy (non-hydrogen) atoms.